The second-order valence-corrected chi connectivity index (χ2v) is 3.99. The molecule has 0 aromatic heterocycles. The van der Waals surface area contributed by atoms with Gasteiger partial charge in [0.15, 0.2) is 0 Å². The predicted molar refractivity (Wildman–Crippen MR) is 70.8 cm³/mol. The Morgan fingerprint density at radius 3 is 1.41 bits per heavy atom. The van der Waals surface area contributed by atoms with Gasteiger partial charge in [-0.2, -0.15) is 12.8 Å². The van der Waals surface area contributed by atoms with E-state index in [1.54, 1.807) is 0 Å². The van der Waals surface area contributed by atoms with Gasteiger partial charge >= 0.3 is 17.1 Å². The third kappa shape index (κ3) is 11.7. The Kier molecular flexibility index (Phi) is 13.1. The molecule has 2 aliphatic carbocycles. The van der Waals surface area contributed by atoms with Crippen LogP contribution in [0, 0.1) is 12.2 Å². The van der Waals surface area contributed by atoms with E-state index in [1.165, 1.54) is 38.5 Å². The maximum atomic E-state index is 3.21. The van der Waals surface area contributed by atoms with Gasteiger partial charge < -0.3 is 12.2 Å². The number of hydrogen-bond acceptors (Lipinski definition) is 0. The molecule has 0 fully saturated rings. The normalized spacial score (nSPS) is 18.8. The van der Waals surface area contributed by atoms with Crippen LogP contribution in [0.5, 0.6) is 0 Å². The first kappa shape index (κ1) is 16.5. The Hall–Kier alpha value is -0.521. The second kappa shape index (κ2) is 13.5. The summed E-state index contributed by atoms with van der Waals surface area (Å²) in [5.41, 5.74) is 0. The van der Waals surface area contributed by atoms with Gasteiger partial charge in [0.05, 0.1) is 0 Å². The molecular weight excluding hydrogens is 248 g/mol. The van der Waals surface area contributed by atoms with E-state index >= 15 is 0 Å². The predicted octanol–water partition coefficient (Wildman–Crippen LogP) is 4.95. The minimum absolute atomic E-state index is 0. The molecule has 0 saturated carbocycles. The van der Waals surface area contributed by atoms with E-state index in [0.29, 0.717) is 0 Å². The van der Waals surface area contributed by atoms with E-state index in [1.807, 2.05) is 0 Å². The zero-order valence-corrected chi connectivity index (χ0v) is 11.6. The molecule has 0 radical (unpaired) electrons. The molecule has 0 amide bonds. The summed E-state index contributed by atoms with van der Waals surface area (Å²) >= 11 is 0. The molecule has 0 N–H and O–H groups in total. The van der Waals surface area contributed by atoms with E-state index in [2.05, 4.69) is 48.6 Å². The maximum Gasteiger partial charge on any atom is 2.00 e. The van der Waals surface area contributed by atoms with Gasteiger partial charge in [-0.15, -0.1) is 0 Å². The second-order valence-electron chi connectivity index (χ2n) is 3.99. The fourth-order valence-electron chi connectivity index (χ4n) is 1.57. The van der Waals surface area contributed by atoms with Crippen molar-refractivity contribution in [3.05, 3.63) is 48.6 Å². The first-order valence-electron chi connectivity index (χ1n) is 6.40. The summed E-state index contributed by atoms with van der Waals surface area (Å²) in [4.78, 5) is 0. The van der Waals surface area contributed by atoms with Crippen molar-refractivity contribution in [3.8, 4) is 0 Å². The molecule has 0 aliphatic heterocycles. The van der Waals surface area contributed by atoms with Crippen LogP contribution in [-0.4, -0.2) is 0 Å². The van der Waals surface area contributed by atoms with Gasteiger partial charge in [-0.05, 0) is 12.8 Å². The van der Waals surface area contributed by atoms with Gasteiger partial charge in [-0.1, -0.05) is 50.0 Å². The summed E-state index contributed by atoms with van der Waals surface area (Å²) in [6, 6.07) is 0. The fraction of sp³-hybridized carbons (Fsp3) is 0.500. The molecule has 94 valence electrons. The van der Waals surface area contributed by atoms with Gasteiger partial charge in [0.1, 0.15) is 0 Å². The molecule has 2 rings (SSSR count). The zero-order valence-electron chi connectivity index (χ0n) is 10.5. The molecule has 1 heteroatoms. The van der Waals surface area contributed by atoms with Crippen molar-refractivity contribution in [2.24, 2.45) is 0 Å². The van der Waals surface area contributed by atoms with E-state index < -0.39 is 0 Å². The molecule has 2 aliphatic rings. The van der Waals surface area contributed by atoms with Gasteiger partial charge in [-0.25, -0.2) is 0 Å². The minimum atomic E-state index is 0. The summed E-state index contributed by atoms with van der Waals surface area (Å²) in [5, 5.41) is 0. The summed E-state index contributed by atoms with van der Waals surface area (Å²) in [5.74, 6) is 0. The number of allylic oxidation sites excluding steroid dienone is 8. The monoisotopic (exact) mass is 270 g/mol. The maximum absolute atomic E-state index is 3.21. The largest absolute Gasteiger partial charge is 2.00 e. The van der Waals surface area contributed by atoms with Gasteiger partial charge in [0, 0.05) is 0 Å². The van der Waals surface area contributed by atoms with E-state index in [-0.39, 0.29) is 17.1 Å². The summed E-state index contributed by atoms with van der Waals surface area (Å²) in [7, 11) is 0. The Labute approximate surface area is 117 Å². The van der Waals surface area contributed by atoms with Crippen molar-refractivity contribution in [1.29, 1.82) is 0 Å². The minimum Gasteiger partial charge on any atom is -0.500 e. The van der Waals surface area contributed by atoms with Crippen LogP contribution in [0.1, 0.15) is 51.4 Å². The van der Waals surface area contributed by atoms with Crippen LogP contribution in [-0.2, 0) is 17.1 Å². The van der Waals surface area contributed by atoms with Crippen LogP contribution < -0.4 is 0 Å². The van der Waals surface area contributed by atoms with Crippen LogP contribution in [0.25, 0.3) is 0 Å². The summed E-state index contributed by atoms with van der Waals surface area (Å²) < 4.78 is 0. The SMILES string of the molecule is [C-]1=CCCC=CCC1.[C-]1=CCCC=CCC1.[Fe+2]. The third-order valence-corrected chi connectivity index (χ3v) is 2.49. The van der Waals surface area contributed by atoms with Crippen LogP contribution in [0.3, 0.4) is 0 Å². The first-order valence-corrected chi connectivity index (χ1v) is 6.40. The molecule has 0 aromatic carbocycles. The quantitative estimate of drug-likeness (QED) is 0.332. The molecule has 17 heavy (non-hydrogen) atoms. The molecule has 0 nitrogen and oxygen atoms in total. The van der Waals surface area contributed by atoms with Gasteiger partial charge in [0.25, 0.3) is 0 Å². The Morgan fingerprint density at radius 1 is 0.529 bits per heavy atom. The van der Waals surface area contributed by atoms with Crippen LogP contribution >= 0.6 is 0 Å². The van der Waals surface area contributed by atoms with Crippen molar-refractivity contribution in [1.82, 2.24) is 0 Å². The van der Waals surface area contributed by atoms with E-state index in [9.17, 15) is 0 Å². The molecule has 0 bridgehead atoms. The van der Waals surface area contributed by atoms with Crippen LogP contribution in [0.15, 0.2) is 36.5 Å². The Bertz CT molecular complexity index is 179. The van der Waals surface area contributed by atoms with Crippen LogP contribution in [0.2, 0.25) is 0 Å². The van der Waals surface area contributed by atoms with Crippen molar-refractivity contribution < 1.29 is 17.1 Å². The molecule has 0 atom stereocenters. The number of rotatable bonds is 0. The van der Waals surface area contributed by atoms with Crippen molar-refractivity contribution in [2.45, 2.75) is 51.4 Å². The molecule has 0 spiro atoms. The van der Waals surface area contributed by atoms with Crippen molar-refractivity contribution in [2.75, 3.05) is 0 Å². The topological polar surface area (TPSA) is 0 Å². The van der Waals surface area contributed by atoms with E-state index in [4.69, 9.17) is 0 Å². The summed E-state index contributed by atoms with van der Waals surface area (Å²) in [6.07, 6.45) is 29.0. The smallest absolute Gasteiger partial charge is 0.500 e. The molecule has 0 heterocycles. The first-order chi connectivity index (χ1) is 8.00. The molecule has 0 aromatic rings. The Balaban J connectivity index is 0.000000284. The average Bonchev–Trinajstić information content (AvgIpc) is 2.15. The molecule has 0 unspecified atom stereocenters. The van der Waals surface area contributed by atoms with Crippen LogP contribution in [0.4, 0.5) is 0 Å². The summed E-state index contributed by atoms with van der Waals surface area (Å²) in [6.45, 7) is 0. The van der Waals surface area contributed by atoms with E-state index in [0.717, 1.165) is 12.8 Å². The van der Waals surface area contributed by atoms with Crippen molar-refractivity contribution in [3.63, 3.8) is 0 Å². The van der Waals surface area contributed by atoms with Gasteiger partial charge in [-0.3, -0.25) is 12.2 Å². The molecular formula is C16H22Fe. The molecule has 0 saturated heterocycles. The number of hydrogen-bond donors (Lipinski definition) is 0. The standard InChI is InChI=1S/2C8H11.Fe/c2*1-2-4-6-8-7-5-3-1;/h2*1-2,7H,3-6H2;/q2*-1;+2. The average molecular weight is 270 g/mol. The fourth-order valence-corrected chi connectivity index (χ4v) is 1.57. The van der Waals surface area contributed by atoms with Crippen molar-refractivity contribution >= 4 is 0 Å². The Morgan fingerprint density at radius 2 is 0.941 bits per heavy atom. The zero-order chi connectivity index (χ0) is 11.3. The van der Waals surface area contributed by atoms with Gasteiger partial charge in [0.2, 0.25) is 0 Å². The third-order valence-electron chi connectivity index (χ3n) is 2.49.